The van der Waals surface area contributed by atoms with E-state index in [1.54, 1.807) is 6.92 Å². The molecule has 15 heavy (non-hydrogen) atoms. The van der Waals surface area contributed by atoms with Crippen molar-refractivity contribution in [1.29, 1.82) is 0 Å². The van der Waals surface area contributed by atoms with Gasteiger partial charge in [0.15, 0.2) is 23.8 Å². The van der Waals surface area contributed by atoms with E-state index in [0.717, 1.165) is 0 Å². The molecule has 7 heteroatoms. The number of rotatable bonds is 5. The fraction of sp³-hybridized carbons (Fsp3) is 1.00. The van der Waals surface area contributed by atoms with Crippen LogP contribution in [0.5, 0.6) is 0 Å². The van der Waals surface area contributed by atoms with Crippen LogP contribution in [0.4, 0.5) is 0 Å². The molecule has 0 rings (SSSR count). The minimum atomic E-state index is -3.57. The van der Waals surface area contributed by atoms with Crippen molar-refractivity contribution in [1.82, 2.24) is 0 Å². The maximum absolute atomic E-state index is 11.7. The Morgan fingerprint density at radius 1 is 0.933 bits per heavy atom. The predicted molar refractivity (Wildman–Crippen MR) is 65.6 cm³/mol. The molecule has 0 bridgehead atoms. The van der Waals surface area contributed by atoms with Crippen LogP contribution in [-0.2, 0) is 19.7 Å². The van der Waals surface area contributed by atoms with E-state index in [2.05, 4.69) is 0 Å². The van der Waals surface area contributed by atoms with Crippen molar-refractivity contribution in [3.8, 4) is 0 Å². The summed E-state index contributed by atoms with van der Waals surface area (Å²) in [7, 11) is -7.14. The van der Waals surface area contributed by atoms with Gasteiger partial charge in [0.1, 0.15) is 0 Å². The summed E-state index contributed by atoms with van der Waals surface area (Å²) in [5, 5.41) is 0. The molecule has 0 aromatic rings. The average molecular weight is 284 g/mol. The Morgan fingerprint density at radius 2 is 1.20 bits per heavy atom. The molecular formula is C8H20CaO4S2. The Hall–Kier alpha value is 1.16. The van der Waals surface area contributed by atoms with E-state index in [1.807, 2.05) is 0 Å². The van der Waals surface area contributed by atoms with Crippen molar-refractivity contribution >= 4 is 57.4 Å². The Morgan fingerprint density at radius 3 is 1.33 bits per heavy atom. The van der Waals surface area contributed by atoms with Gasteiger partial charge in [-0.3, -0.25) is 0 Å². The minimum Gasteiger partial charge on any atom is -1.00 e. The van der Waals surface area contributed by atoms with E-state index < -0.39 is 23.8 Å². The summed E-state index contributed by atoms with van der Waals surface area (Å²) >= 11 is 0. The van der Waals surface area contributed by atoms with Gasteiger partial charge in [-0.25, -0.2) is 16.8 Å². The van der Waals surface area contributed by atoms with E-state index in [9.17, 15) is 16.8 Å². The van der Waals surface area contributed by atoms with Crippen LogP contribution in [0.25, 0.3) is 0 Å². The molecule has 90 valence electrons. The molecule has 0 radical (unpaired) electrons. The topological polar surface area (TPSA) is 68.3 Å². The molecule has 0 N–H and O–H groups in total. The van der Waals surface area contributed by atoms with Gasteiger partial charge in [-0.15, -0.1) is 0 Å². The summed E-state index contributed by atoms with van der Waals surface area (Å²) in [6.45, 7) is 5.81. The first-order valence-corrected chi connectivity index (χ1v) is 7.93. The van der Waals surface area contributed by atoms with Crippen LogP contribution in [0.3, 0.4) is 0 Å². The van der Waals surface area contributed by atoms with Crippen LogP contribution in [0.1, 0.15) is 37.0 Å². The molecule has 0 aromatic heterocycles. The molecule has 0 aliphatic carbocycles. The number of hydrogen-bond donors (Lipinski definition) is 0. The maximum Gasteiger partial charge on any atom is 2.00 e. The van der Waals surface area contributed by atoms with Crippen molar-refractivity contribution in [3.05, 3.63) is 0 Å². The van der Waals surface area contributed by atoms with E-state index in [1.165, 1.54) is 20.8 Å². The summed E-state index contributed by atoms with van der Waals surface area (Å²) in [5.74, 6) is -0.285. The second-order valence-corrected chi connectivity index (χ2v) is 8.97. The molecule has 0 heterocycles. The van der Waals surface area contributed by atoms with Gasteiger partial charge in [0, 0.05) is 11.5 Å². The van der Waals surface area contributed by atoms with Crippen LogP contribution in [0.15, 0.2) is 0 Å². The molecule has 0 saturated heterocycles. The zero-order chi connectivity index (χ0) is 11.6. The van der Waals surface area contributed by atoms with Crippen LogP contribution in [0.2, 0.25) is 0 Å². The zero-order valence-electron chi connectivity index (χ0n) is 11.8. The van der Waals surface area contributed by atoms with Crippen LogP contribution < -0.4 is 0 Å². The molecular weight excluding hydrogens is 264 g/mol. The first-order chi connectivity index (χ1) is 6.18. The quantitative estimate of drug-likeness (QED) is 0.701. The first-order valence-electron chi connectivity index (χ1n) is 4.63. The second kappa shape index (κ2) is 6.19. The molecule has 0 fully saturated rings. The van der Waals surface area contributed by atoms with Gasteiger partial charge in [-0.2, -0.15) is 0 Å². The largest absolute Gasteiger partial charge is 2.00 e. The Labute approximate surface area is 126 Å². The molecule has 4 nitrogen and oxygen atoms in total. The smallest absolute Gasteiger partial charge is 1.00 e. The van der Waals surface area contributed by atoms with Gasteiger partial charge in [0.05, 0.1) is 0 Å². The number of sulfone groups is 2. The summed E-state index contributed by atoms with van der Waals surface area (Å²) in [6, 6.07) is 0. The van der Waals surface area contributed by atoms with Gasteiger partial charge in [0.2, 0.25) is 0 Å². The van der Waals surface area contributed by atoms with E-state index in [4.69, 9.17) is 0 Å². The minimum absolute atomic E-state index is 0. The summed E-state index contributed by atoms with van der Waals surface area (Å²) in [6.07, 6.45) is 0.0966. The third-order valence-corrected chi connectivity index (χ3v) is 8.97. The molecule has 0 aliphatic rings. The maximum atomic E-state index is 11.7. The van der Waals surface area contributed by atoms with Gasteiger partial charge in [-0.1, -0.05) is 20.8 Å². The van der Waals surface area contributed by atoms with Gasteiger partial charge >= 0.3 is 37.7 Å². The first kappa shape index (κ1) is 18.5. The zero-order valence-corrected chi connectivity index (χ0v) is 13.6. The van der Waals surface area contributed by atoms with Crippen molar-refractivity contribution in [2.24, 2.45) is 0 Å². The summed E-state index contributed by atoms with van der Waals surface area (Å²) in [4.78, 5) is 0. The summed E-state index contributed by atoms with van der Waals surface area (Å²) in [5.41, 5.74) is 0. The van der Waals surface area contributed by atoms with Crippen LogP contribution >= 0.6 is 0 Å². The van der Waals surface area contributed by atoms with Crippen molar-refractivity contribution in [3.63, 3.8) is 0 Å². The van der Waals surface area contributed by atoms with E-state index >= 15 is 0 Å². The normalized spacial score (nSPS) is 13.3. The van der Waals surface area contributed by atoms with Gasteiger partial charge < -0.3 is 2.85 Å². The molecule has 0 aromatic carbocycles. The summed E-state index contributed by atoms with van der Waals surface area (Å²) < 4.78 is 45.1. The number of hydrogen-bond acceptors (Lipinski definition) is 4. The van der Waals surface area contributed by atoms with E-state index in [-0.39, 0.29) is 58.5 Å². The molecule has 0 amide bonds. The molecule has 0 unspecified atom stereocenters. The average Bonchev–Trinajstić information content (AvgIpc) is 2.15. The standard InChI is InChI=1S/C8H18O4S2.Ca.2H/c1-5-8(4,13(9,10)6-2)14(11,12)7-3;;;/h5-7H2,1-4H3;;;/q;+2;2*-1. The Bertz CT molecular complexity index is 358. The molecule has 0 aliphatic heterocycles. The van der Waals surface area contributed by atoms with Gasteiger partial charge in [-0.05, 0) is 13.3 Å². The Balaban J connectivity index is -0.000000282. The van der Waals surface area contributed by atoms with Crippen molar-refractivity contribution in [2.45, 2.75) is 38.2 Å². The fourth-order valence-electron chi connectivity index (χ4n) is 1.24. The van der Waals surface area contributed by atoms with Gasteiger partial charge in [0.25, 0.3) is 0 Å². The van der Waals surface area contributed by atoms with Crippen molar-refractivity contribution in [2.75, 3.05) is 11.5 Å². The molecule has 0 saturated carbocycles. The monoisotopic (exact) mass is 284 g/mol. The fourth-order valence-corrected chi connectivity index (χ4v) is 5.60. The SMILES string of the molecule is CCC(C)(S(=O)(=O)CC)S(=O)(=O)CC.[Ca+2].[H-].[H-]. The van der Waals surface area contributed by atoms with E-state index in [0.29, 0.717) is 0 Å². The van der Waals surface area contributed by atoms with Crippen LogP contribution in [-0.4, -0.2) is 70.2 Å². The third kappa shape index (κ3) is 3.31. The third-order valence-electron chi connectivity index (χ3n) is 2.72. The predicted octanol–water partition coefficient (Wildman–Crippen LogP) is 0.826. The van der Waals surface area contributed by atoms with Crippen LogP contribution in [0, 0.1) is 0 Å². The Kier molecular flexibility index (Phi) is 7.64. The van der Waals surface area contributed by atoms with Crippen molar-refractivity contribution < 1.29 is 19.7 Å². The molecule has 0 spiro atoms. The second-order valence-electron chi connectivity index (χ2n) is 3.29. The molecule has 0 atom stereocenters.